The molecule has 0 N–H and O–H groups in total. The zero-order valence-corrected chi connectivity index (χ0v) is 21.3. The predicted octanol–water partition coefficient (Wildman–Crippen LogP) is 3.01. The number of pyridine rings is 2. The molecule has 0 amide bonds. The number of nitrogens with zero attached hydrogens (tertiary/aromatic N) is 7. The van der Waals surface area contributed by atoms with Crippen molar-refractivity contribution in [3.63, 3.8) is 0 Å². The molecule has 4 aromatic heterocycles. The Hall–Kier alpha value is -3.56. The number of hydrogen-bond acceptors (Lipinski definition) is 8. The van der Waals surface area contributed by atoms with Gasteiger partial charge in [-0.3, -0.25) is 0 Å². The standard InChI is InChI=1S/C28H33N7O2/c1-33-8-5-24(6-9-33)37-28-3-2-22(20-30-28)17-25-31-23(19-27(32-25)35-12-14-36-15-13-35)16-21-4-10-34-11-7-29-26(34)18-21/h2-4,7,10-11,18-20,24H,5-6,8-9,12-17H2,1H3. The number of morpholine rings is 1. The van der Waals surface area contributed by atoms with Gasteiger partial charge in [-0.15, -0.1) is 0 Å². The van der Waals surface area contributed by atoms with Crippen LogP contribution >= 0.6 is 0 Å². The van der Waals surface area contributed by atoms with E-state index in [1.54, 1.807) is 0 Å². The molecular weight excluding hydrogens is 466 g/mol. The maximum absolute atomic E-state index is 6.12. The number of rotatable bonds is 7. The van der Waals surface area contributed by atoms with E-state index in [1.807, 2.05) is 35.3 Å². The van der Waals surface area contributed by atoms with E-state index in [-0.39, 0.29) is 6.10 Å². The molecule has 0 unspecified atom stereocenters. The van der Waals surface area contributed by atoms with Gasteiger partial charge in [0.25, 0.3) is 0 Å². The number of anilines is 1. The van der Waals surface area contributed by atoms with E-state index in [9.17, 15) is 0 Å². The van der Waals surface area contributed by atoms with Gasteiger partial charge in [0.2, 0.25) is 5.88 Å². The number of piperidine rings is 1. The maximum atomic E-state index is 6.12. The predicted molar refractivity (Wildman–Crippen MR) is 141 cm³/mol. The lowest BCUT2D eigenvalue weighted by atomic mass is 10.1. The molecule has 2 aliphatic rings. The van der Waals surface area contributed by atoms with Crippen LogP contribution in [0, 0.1) is 0 Å². The molecule has 0 saturated carbocycles. The van der Waals surface area contributed by atoms with Gasteiger partial charge < -0.3 is 23.7 Å². The second-order valence-electron chi connectivity index (χ2n) is 9.94. The van der Waals surface area contributed by atoms with Crippen LogP contribution in [0.1, 0.15) is 35.5 Å². The second-order valence-corrected chi connectivity index (χ2v) is 9.94. The number of fused-ring (bicyclic) bond motifs is 1. The fourth-order valence-corrected chi connectivity index (χ4v) is 4.97. The number of imidazole rings is 1. The fraction of sp³-hybridized carbons (Fsp3) is 0.429. The lowest BCUT2D eigenvalue weighted by Gasteiger charge is -2.29. The normalized spacial score (nSPS) is 17.4. The van der Waals surface area contributed by atoms with Crippen molar-refractivity contribution in [2.24, 2.45) is 0 Å². The summed E-state index contributed by atoms with van der Waals surface area (Å²) in [6, 6.07) is 10.4. The van der Waals surface area contributed by atoms with Gasteiger partial charge in [0.05, 0.1) is 18.9 Å². The molecule has 37 heavy (non-hydrogen) atoms. The minimum atomic E-state index is 0.242. The molecule has 9 heteroatoms. The van der Waals surface area contributed by atoms with Gasteiger partial charge in [-0.05, 0) is 43.1 Å². The molecule has 0 radical (unpaired) electrons. The van der Waals surface area contributed by atoms with Crippen LogP contribution in [0.5, 0.6) is 5.88 Å². The summed E-state index contributed by atoms with van der Waals surface area (Å²) in [5, 5.41) is 0. The number of hydrogen-bond donors (Lipinski definition) is 0. The van der Waals surface area contributed by atoms with Crippen molar-refractivity contribution in [1.82, 2.24) is 29.2 Å². The summed E-state index contributed by atoms with van der Waals surface area (Å²) in [5.41, 5.74) is 4.18. The van der Waals surface area contributed by atoms with E-state index in [0.717, 1.165) is 74.0 Å². The summed E-state index contributed by atoms with van der Waals surface area (Å²) < 4.78 is 13.7. The molecule has 6 heterocycles. The third-order valence-corrected chi connectivity index (χ3v) is 7.11. The first kappa shape index (κ1) is 23.8. The second kappa shape index (κ2) is 10.8. The highest BCUT2D eigenvalue weighted by atomic mass is 16.5. The van der Waals surface area contributed by atoms with Crippen molar-refractivity contribution in [3.8, 4) is 5.88 Å². The molecule has 192 valence electrons. The number of likely N-dealkylation sites (tertiary alicyclic amines) is 1. The average Bonchev–Trinajstić information content (AvgIpc) is 3.40. The Morgan fingerprint density at radius 3 is 2.59 bits per heavy atom. The third-order valence-electron chi connectivity index (χ3n) is 7.11. The summed E-state index contributed by atoms with van der Waals surface area (Å²) in [4.78, 5) is 23.5. The molecule has 0 spiro atoms. The Morgan fingerprint density at radius 2 is 1.78 bits per heavy atom. The van der Waals surface area contributed by atoms with E-state index < -0.39 is 0 Å². The van der Waals surface area contributed by atoms with Crippen molar-refractivity contribution in [1.29, 1.82) is 0 Å². The first-order chi connectivity index (χ1) is 18.2. The Bertz CT molecular complexity index is 1330. The van der Waals surface area contributed by atoms with Gasteiger partial charge in [-0.25, -0.2) is 19.9 Å². The Balaban J connectivity index is 1.20. The minimum absolute atomic E-state index is 0.242. The molecule has 0 aromatic carbocycles. The van der Waals surface area contributed by atoms with Crippen molar-refractivity contribution >= 4 is 11.5 Å². The molecule has 2 aliphatic heterocycles. The first-order valence-electron chi connectivity index (χ1n) is 13.1. The van der Waals surface area contributed by atoms with Crippen molar-refractivity contribution in [2.45, 2.75) is 31.8 Å². The van der Waals surface area contributed by atoms with Crippen LogP contribution in [0.15, 0.2) is 55.1 Å². The van der Waals surface area contributed by atoms with Crippen LogP contribution in [0.25, 0.3) is 5.65 Å². The summed E-state index contributed by atoms with van der Waals surface area (Å²) in [6.45, 7) is 5.23. The van der Waals surface area contributed by atoms with Crippen LogP contribution in [0.2, 0.25) is 0 Å². The average molecular weight is 500 g/mol. The zero-order chi connectivity index (χ0) is 25.0. The van der Waals surface area contributed by atoms with E-state index in [0.29, 0.717) is 25.5 Å². The SMILES string of the molecule is CN1CCC(Oc2ccc(Cc3nc(Cc4ccn5ccnc5c4)cc(N4CCOCC4)n3)cn2)CC1. The van der Waals surface area contributed by atoms with Crippen LogP contribution in [0.3, 0.4) is 0 Å². The van der Waals surface area contributed by atoms with Gasteiger partial charge in [0.15, 0.2) is 0 Å². The van der Waals surface area contributed by atoms with Gasteiger partial charge in [0.1, 0.15) is 23.4 Å². The van der Waals surface area contributed by atoms with E-state index in [4.69, 9.17) is 19.4 Å². The summed E-state index contributed by atoms with van der Waals surface area (Å²) >= 11 is 0. The van der Waals surface area contributed by atoms with Gasteiger partial charge >= 0.3 is 0 Å². The number of aromatic nitrogens is 5. The van der Waals surface area contributed by atoms with Gasteiger partial charge in [0, 0.05) is 75.9 Å². The Labute approximate surface area is 217 Å². The van der Waals surface area contributed by atoms with Crippen LogP contribution in [0.4, 0.5) is 5.82 Å². The molecule has 0 bridgehead atoms. The quantitative estimate of drug-likeness (QED) is 0.384. The molecular formula is C28H33N7O2. The van der Waals surface area contributed by atoms with Gasteiger partial charge in [-0.1, -0.05) is 6.07 Å². The van der Waals surface area contributed by atoms with Crippen LogP contribution in [-0.4, -0.2) is 81.8 Å². The third kappa shape index (κ3) is 5.89. The van der Waals surface area contributed by atoms with E-state index in [1.165, 1.54) is 5.56 Å². The smallest absolute Gasteiger partial charge is 0.213 e. The van der Waals surface area contributed by atoms with Crippen LogP contribution in [-0.2, 0) is 17.6 Å². The Morgan fingerprint density at radius 1 is 0.919 bits per heavy atom. The minimum Gasteiger partial charge on any atom is -0.474 e. The van der Waals surface area contributed by atoms with Crippen molar-refractivity contribution in [3.05, 3.63) is 77.8 Å². The molecule has 0 atom stereocenters. The highest BCUT2D eigenvalue weighted by molar-refractivity contribution is 5.45. The van der Waals surface area contributed by atoms with E-state index >= 15 is 0 Å². The fourth-order valence-electron chi connectivity index (χ4n) is 4.97. The monoisotopic (exact) mass is 499 g/mol. The largest absolute Gasteiger partial charge is 0.474 e. The van der Waals surface area contributed by atoms with Gasteiger partial charge in [-0.2, -0.15) is 0 Å². The topological polar surface area (TPSA) is 80.9 Å². The van der Waals surface area contributed by atoms with Crippen LogP contribution < -0.4 is 9.64 Å². The summed E-state index contributed by atoms with van der Waals surface area (Å²) in [5.74, 6) is 2.45. The summed E-state index contributed by atoms with van der Waals surface area (Å²) in [7, 11) is 2.16. The zero-order valence-electron chi connectivity index (χ0n) is 21.3. The first-order valence-corrected chi connectivity index (χ1v) is 13.1. The molecule has 0 aliphatic carbocycles. The maximum Gasteiger partial charge on any atom is 0.213 e. The molecule has 6 rings (SSSR count). The lowest BCUT2D eigenvalue weighted by molar-refractivity contribution is 0.110. The molecule has 4 aromatic rings. The molecule has 2 saturated heterocycles. The van der Waals surface area contributed by atoms with Crippen molar-refractivity contribution in [2.75, 3.05) is 51.3 Å². The lowest BCUT2D eigenvalue weighted by Crippen LogP contribution is -2.37. The molecule has 9 nitrogen and oxygen atoms in total. The van der Waals surface area contributed by atoms with E-state index in [2.05, 4.69) is 51.1 Å². The highest BCUT2D eigenvalue weighted by Gasteiger charge is 2.19. The van der Waals surface area contributed by atoms with Crippen molar-refractivity contribution < 1.29 is 9.47 Å². The Kier molecular flexibility index (Phi) is 6.96. The highest BCUT2D eigenvalue weighted by Crippen LogP contribution is 2.21. The number of ether oxygens (including phenoxy) is 2. The summed E-state index contributed by atoms with van der Waals surface area (Å²) in [6.07, 6.45) is 11.4. The molecule has 2 fully saturated rings.